The van der Waals surface area contributed by atoms with E-state index in [-0.39, 0.29) is 37.7 Å². The van der Waals surface area contributed by atoms with E-state index in [4.69, 9.17) is 30.1 Å². The van der Waals surface area contributed by atoms with Gasteiger partial charge in [-0.3, -0.25) is 0 Å². The van der Waals surface area contributed by atoms with Gasteiger partial charge in [0.2, 0.25) is 0 Å². The average Bonchev–Trinajstić information content (AvgIpc) is 1.25. The van der Waals surface area contributed by atoms with Crippen LogP contribution < -0.4 is 47.9 Å². The van der Waals surface area contributed by atoms with Crippen LogP contribution in [0.2, 0.25) is 0 Å². The number of hydrogen-bond donors (Lipinski definition) is 3. The van der Waals surface area contributed by atoms with E-state index in [9.17, 15) is 0 Å². The van der Waals surface area contributed by atoms with Gasteiger partial charge in [0.25, 0.3) is 0 Å². The number of carboxylic acid groups (broad SMARTS) is 2. The molecule has 48 valence electrons. The van der Waals surface area contributed by atoms with Crippen molar-refractivity contribution in [3.63, 3.8) is 0 Å². The van der Waals surface area contributed by atoms with Crippen molar-refractivity contribution in [1.29, 1.82) is 0 Å². The summed E-state index contributed by atoms with van der Waals surface area (Å²) in [6, 6.07) is 0. The molecule has 0 unspecified atom stereocenters. The Morgan fingerprint density at radius 3 is 1.10 bits per heavy atom. The zero-order chi connectivity index (χ0) is 7.15. The van der Waals surface area contributed by atoms with Crippen LogP contribution in [0.3, 0.4) is 0 Å². The predicted octanol–water partition coefficient (Wildman–Crippen LogP) is -10.5. The van der Waals surface area contributed by atoms with Crippen molar-refractivity contribution in [2.24, 2.45) is 0 Å². The van der Waals surface area contributed by atoms with Crippen molar-refractivity contribution >= 4 is 13.5 Å². The number of carbonyl (C=O) groups is 1. The second-order valence-corrected chi connectivity index (χ2v) is 0.596. The van der Waals surface area contributed by atoms with E-state index in [1.165, 1.54) is 0 Å². The van der Waals surface area contributed by atoms with Crippen LogP contribution in [0.5, 0.6) is 0 Å². The third kappa shape index (κ3) is 2750. The topological polar surface area (TPSA) is 124 Å². The Bertz CT molecular complexity index is 60.0. The Labute approximate surface area is 81.4 Å². The minimum Gasteiger partial charge on any atom is -0.652 e. The second kappa shape index (κ2) is 16.2. The molecule has 0 saturated carbocycles. The summed E-state index contributed by atoms with van der Waals surface area (Å²) < 4.78 is 0. The zero-order valence-corrected chi connectivity index (χ0v) is 5.64. The average molecular weight is 136 g/mol. The van der Waals surface area contributed by atoms with Crippen molar-refractivity contribution in [3.8, 4) is 0 Å². The van der Waals surface area contributed by atoms with Gasteiger partial charge in [-0.05, 0) is 6.16 Å². The van der Waals surface area contributed by atoms with Gasteiger partial charge in [-0.25, -0.2) is 0 Å². The van der Waals surface area contributed by atoms with Crippen molar-refractivity contribution in [2.75, 3.05) is 0 Å². The van der Waals surface area contributed by atoms with Gasteiger partial charge in [-0.15, -0.1) is 0 Å². The molecule has 0 radical (unpaired) electrons. The normalized spacial score (nSPS) is 5.10. The van der Waals surface area contributed by atoms with E-state index < -0.39 is 13.5 Å². The summed E-state index contributed by atoms with van der Waals surface area (Å²) in [5.74, 6) is 0. The molecule has 0 rings (SSSR count). The third-order valence-electron chi connectivity index (χ3n) is 0. The van der Waals surface area contributed by atoms with Crippen molar-refractivity contribution < 1.29 is 67.8 Å². The summed E-state index contributed by atoms with van der Waals surface area (Å²) in [6.07, 6.45) is -2.33. The van der Waals surface area contributed by atoms with Crippen LogP contribution in [0.4, 0.5) is 4.79 Å². The summed E-state index contributed by atoms with van der Waals surface area (Å²) in [6.45, 7) is 0. The van der Waals surface area contributed by atoms with Crippen LogP contribution in [0.25, 0.3) is 0 Å². The molecule has 0 bridgehead atoms. The second-order valence-electron chi connectivity index (χ2n) is 0.596. The quantitative estimate of drug-likeness (QED) is 0.284. The molecule has 6 nitrogen and oxygen atoms in total. The van der Waals surface area contributed by atoms with Crippen LogP contribution in [-0.4, -0.2) is 28.5 Å². The number of carbonyl (C=O) groups excluding carboxylic acids is 1. The summed E-state index contributed by atoms with van der Waals surface area (Å²) in [4.78, 5) is 8.33. The number of rotatable bonds is 0. The standard InChI is InChI=1S/CH2O3.BH3O3.2Li/c2*2-1(3)4;;/h(H2,2,3,4);2-4H;;/q;;2*+1/p-2. The first kappa shape index (κ1) is 22.4. The summed E-state index contributed by atoms with van der Waals surface area (Å²) >= 11 is 0. The molecule has 3 N–H and O–H groups in total. The molecular formula is CH3BLi2O6. The number of hydrogen-bond acceptors (Lipinski definition) is 6. The van der Waals surface area contributed by atoms with E-state index >= 15 is 0 Å². The van der Waals surface area contributed by atoms with Crippen LogP contribution in [0, 0.1) is 0 Å². The molecule has 0 aromatic heterocycles. The minimum absolute atomic E-state index is 0. The molecule has 0 spiro atoms. The molecule has 10 heavy (non-hydrogen) atoms. The smallest absolute Gasteiger partial charge is 0.652 e. The minimum atomic E-state index is -2.33. The largest absolute Gasteiger partial charge is 1.00 e. The van der Waals surface area contributed by atoms with Crippen LogP contribution in [0.15, 0.2) is 0 Å². The molecule has 0 atom stereocenters. The van der Waals surface area contributed by atoms with Gasteiger partial charge < -0.3 is 30.1 Å². The summed E-state index contributed by atoms with van der Waals surface area (Å²) in [7, 11) is -2.17. The van der Waals surface area contributed by atoms with E-state index in [0.29, 0.717) is 0 Å². The molecule has 0 aromatic rings. The van der Waals surface area contributed by atoms with Gasteiger partial charge >= 0.3 is 45.0 Å². The molecule has 0 amide bonds. The van der Waals surface area contributed by atoms with Gasteiger partial charge in [0.1, 0.15) is 0 Å². The van der Waals surface area contributed by atoms with Gasteiger partial charge in [0.15, 0.2) is 0 Å². The molecule has 0 aliphatic rings. The third-order valence-corrected chi connectivity index (χ3v) is 0. The van der Waals surface area contributed by atoms with E-state index in [2.05, 4.69) is 0 Å². The van der Waals surface area contributed by atoms with Gasteiger partial charge in [-0.2, -0.15) is 0 Å². The maximum atomic E-state index is 8.33. The van der Waals surface area contributed by atoms with Gasteiger partial charge in [0, 0.05) is 0 Å². The molecule has 9 heteroatoms. The molecule has 0 saturated heterocycles. The fourth-order valence-electron chi connectivity index (χ4n) is 0. The molecule has 0 aliphatic heterocycles. The molecular weight excluding hydrogens is 133 g/mol. The Morgan fingerprint density at radius 1 is 1.10 bits per heavy atom. The SMILES string of the molecule is O=C([O-])[O-].OB(O)O.[Li+].[Li+]. The van der Waals surface area contributed by atoms with E-state index in [1.54, 1.807) is 0 Å². The van der Waals surface area contributed by atoms with Crippen LogP contribution >= 0.6 is 0 Å². The van der Waals surface area contributed by atoms with Gasteiger partial charge in [0.05, 0.1) is 0 Å². The predicted molar refractivity (Wildman–Crippen MR) is 17.8 cm³/mol. The van der Waals surface area contributed by atoms with Crippen molar-refractivity contribution in [2.45, 2.75) is 0 Å². The molecule has 0 fully saturated rings. The van der Waals surface area contributed by atoms with Gasteiger partial charge in [-0.1, -0.05) is 0 Å². The Kier molecular flexibility index (Phi) is 36.3. The van der Waals surface area contributed by atoms with Crippen molar-refractivity contribution in [1.82, 2.24) is 0 Å². The molecule has 0 aliphatic carbocycles. The maximum absolute atomic E-state index is 8.33. The summed E-state index contributed by atoms with van der Waals surface area (Å²) in [5.41, 5.74) is 0. The Morgan fingerprint density at radius 2 is 1.10 bits per heavy atom. The fraction of sp³-hybridized carbons (Fsp3) is 0. The van der Waals surface area contributed by atoms with E-state index in [1.807, 2.05) is 0 Å². The summed E-state index contributed by atoms with van der Waals surface area (Å²) in [5, 5.41) is 38.2. The fourth-order valence-corrected chi connectivity index (χ4v) is 0. The Hall–Kier alpha value is 0.410. The van der Waals surface area contributed by atoms with Crippen LogP contribution in [-0.2, 0) is 0 Å². The first-order chi connectivity index (χ1) is 3.46. The first-order valence-electron chi connectivity index (χ1n) is 1.39. The van der Waals surface area contributed by atoms with Crippen LogP contribution in [0.1, 0.15) is 0 Å². The molecule has 0 heterocycles. The molecule has 0 aromatic carbocycles. The maximum Gasteiger partial charge on any atom is 1.00 e. The first-order valence-corrected chi connectivity index (χ1v) is 1.39. The van der Waals surface area contributed by atoms with Crippen molar-refractivity contribution in [3.05, 3.63) is 0 Å². The monoisotopic (exact) mass is 136 g/mol. The zero-order valence-electron chi connectivity index (χ0n) is 5.64. The van der Waals surface area contributed by atoms with E-state index in [0.717, 1.165) is 0 Å². The Balaban J connectivity index is -0.0000000300.